The van der Waals surface area contributed by atoms with Gasteiger partial charge >= 0.3 is 5.63 Å². The lowest BCUT2D eigenvalue weighted by atomic mass is 10.1. The van der Waals surface area contributed by atoms with Crippen molar-refractivity contribution in [3.63, 3.8) is 0 Å². The van der Waals surface area contributed by atoms with Gasteiger partial charge in [-0.05, 0) is 6.42 Å². The number of aliphatic hydroxyl groups is 3. The van der Waals surface area contributed by atoms with Crippen molar-refractivity contribution in [1.29, 1.82) is 0 Å². The Kier molecular flexibility index (Phi) is 2.96. The smallest absolute Gasteiger partial charge is 0.368 e. The molecule has 2 aromatic rings. The van der Waals surface area contributed by atoms with Gasteiger partial charge in [-0.2, -0.15) is 4.98 Å². The molecule has 0 unspecified atom stereocenters. The number of nitrogens with two attached hydrogens (primary N) is 1. The molecule has 20 heavy (non-hydrogen) atoms. The maximum absolute atomic E-state index is 11.6. The molecule has 4 atom stereocenters. The van der Waals surface area contributed by atoms with Crippen LogP contribution in [0.3, 0.4) is 0 Å². The molecule has 9 heteroatoms. The first-order valence-corrected chi connectivity index (χ1v) is 6.13. The van der Waals surface area contributed by atoms with Gasteiger partial charge in [0.2, 0.25) is 0 Å². The predicted molar refractivity (Wildman–Crippen MR) is 66.7 cm³/mol. The van der Waals surface area contributed by atoms with Crippen molar-refractivity contribution in [1.82, 2.24) is 14.5 Å². The van der Waals surface area contributed by atoms with Gasteiger partial charge in [0.25, 0.3) is 6.01 Å². The van der Waals surface area contributed by atoms with Crippen LogP contribution < -0.4 is 11.4 Å². The fourth-order valence-corrected chi connectivity index (χ4v) is 2.68. The predicted octanol–water partition coefficient (Wildman–Crippen LogP) is -1.76. The van der Waals surface area contributed by atoms with Crippen LogP contribution in [0.2, 0.25) is 0 Å². The number of fused-ring (bicyclic) bond motifs is 1. The first-order valence-electron chi connectivity index (χ1n) is 6.13. The molecule has 0 radical (unpaired) electrons. The maximum atomic E-state index is 11.6. The molecule has 0 amide bonds. The van der Waals surface area contributed by atoms with Crippen molar-refractivity contribution in [2.45, 2.75) is 24.7 Å². The van der Waals surface area contributed by atoms with Crippen LogP contribution in [-0.4, -0.2) is 48.7 Å². The molecule has 0 aromatic carbocycles. The highest BCUT2D eigenvalue weighted by Gasteiger charge is 2.42. The third kappa shape index (κ3) is 1.79. The van der Waals surface area contributed by atoms with Crippen LogP contribution in [0.4, 0.5) is 6.01 Å². The number of aliphatic hydroxyl groups excluding tert-OH is 3. The second kappa shape index (κ2) is 4.54. The standard InChI is InChI=1S/C11H14N4O5/c12-11-14-9-6(10(19)20-11)13-3-15(9)5-1-4(2-16)7(17)8(5)18/h3-5,7-8,16-18H,1-2H2,(H2,12,14)/t4-,5+,7-,8+/m0/s1. The fraction of sp³-hybridized carbons (Fsp3) is 0.545. The highest BCUT2D eigenvalue weighted by Crippen LogP contribution is 2.36. The van der Waals surface area contributed by atoms with Gasteiger partial charge in [-0.25, -0.2) is 9.78 Å². The minimum Gasteiger partial charge on any atom is -0.396 e. The molecule has 1 aliphatic rings. The Morgan fingerprint density at radius 1 is 1.45 bits per heavy atom. The molecule has 0 bridgehead atoms. The molecule has 1 aliphatic carbocycles. The van der Waals surface area contributed by atoms with Crippen LogP contribution in [0.5, 0.6) is 0 Å². The SMILES string of the molecule is Nc1nc2c(ncn2[C@@H]2C[C@@H](CO)[C@H](O)[C@@H]2O)c(=O)o1. The summed E-state index contributed by atoms with van der Waals surface area (Å²) < 4.78 is 6.12. The Morgan fingerprint density at radius 3 is 2.85 bits per heavy atom. The number of rotatable bonds is 2. The van der Waals surface area contributed by atoms with Gasteiger partial charge in [0.15, 0.2) is 11.2 Å². The van der Waals surface area contributed by atoms with E-state index < -0.39 is 29.8 Å². The Labute approximate surface area is 112 Å². The summed E-state index contributed by atoms with van der Waals surface area (Å²) in [6.45, 7) is -0.237. The molecule has 0 spiro atoms. The Balaban J connectivity index is 2.09. The summed E-state index contributed by atoms with van der Waals surface area (Å²) in [5.41, 5.74) is 4.88. The van der Waals surface area contributed by atoms with Crippen LogP contribution in [-0.2, 0) is 0 Å². The fourth-order valence-electron chi connectivity index (χ4n) is 2.68. The molecule has 0 aliphatic heterocycles. The normalized spacial score (nSPS) is 30.1. The van der Waals surface area contributed by atoms with Crippen molar-refractivity contribution in [3.05, 3.63) is 16.7 Å². The third-order valence-electron chi connectivity index (χ3n) is 3.74. The van der Waals surface area contributed by atoms with Crippen molar-refractivity contribution in [2.24, 2.45) is 5.92 Å². The molecular weight excluding hydrogens is 268 g/mol. The molecular formula is C11H14N4O5. The van der Waals surface area contributed by atoms with E-state index in [-0.39, 0.29) is 23.8 Å². The molecule has 2 aromatic heterocycles. The zero-order chi connectivity index (χ0) is 14.4. The van der Waals surface area contributed by atoms with Gasteiger partial charge < -0.3 is 30.0 Å². The molecule has 108 valence electrons. The van der Waals surface area contributed by atoms with Gasteiger partial charge in [-0.1, -0.05) is 0 Å². The van der Waals surface area contributed by atoms with E-state index in [4.69, 9.17) is 5.73 Å². The van der Waals surface area contributed by atoms with Crippen LogP contribution in [0.15, 0.2) is 15.5 Å². The summed E-state index contributed by atoms with van der Waals surface area (Å²) in [6.07, 6.45) is -0.444. The molecule has 2 heterocycles. The van der Waals surface area contributed by atoms with E-state index >= 15 is 0 Å². The lowest BCUT2D eigenvalue weighted by molar-refractivity contribution is -0.00370. The van der Waals surface area contributed by atoms with Crippen LogP contribution in [0.1, 0.15) is 12.5 Å². The highest BCUT2D eigenvalue weighted by atomic mass is 16.4. The van der Waals surface area contributed by atoms with Crippen molar-refractivity contribution < 1.29 is 19.7 Å². The summed E-state index contributed by atoms with van der Waals surface area (Å²) in [7, 11) is 0. The molecule has 9 nitrogen and oxygen atoms in total. The summed E-state index contributed by atoms with van der Waals surface area (Å²) in [6, 6.07) is -0.836. The Morgan fingerprint density at radius 2 is 2.20 bits per heavy atom. The largest absolute Gasteiger partial charge is 0.396 e. The number of anilines is 1. The van der Waals surface area contributed by atoms with Crippen molar-refractivity contribution in [2.75, 3.05) is 12.3 Å². The van der Waals surface area contributed by atoms with E-state index in [9.17, 15) is 20.1 Å². The molecule has 5 N–H and O–H groups in total. The second-order valence-electron chi connectivity index (χ2n) is 4.89. The van der Waals surface area contributed by atoms with Crippen molar-refractivity contribution in [3.8, 4) is 0 Å². The molecule has 1 fully saturated rings. The first-order chi connectivity index (χ1) is 9.52. The van der Waals surface area contributed by atoms with E-state index in [0.717, 1.165) is 0 Å². The zero-order valence-electron chi connectivity index (χ0n) is 10.4. The summed E-state index contributed by atoms with van der Waals surface area (Å²) in [5.74, 6) is -0.440. The number of imidazole rings is 1. The van der Waals surface area contributed by atoms with Gasteiger partial charge in [0.05, 0.1) is 18.5 Å². The Hall–Kier alpha value is -1.97. The van der Waals surface area contributed by atoms with E-state index in [1.165, 1.54) is 10.9 Å². The highest BCUT2D eigenvalue weighted by molar-refractivity contribution is 5.69. The Bertz CT molecular complexity index is 696. The van der Waals surface area contributed by atoms with Gasteiger partial charge in [-0.3, -0.25) is 0 Å². The summed E-state index contributed by atoms with van der Waals surface area (Å²) >= 11 is 0. The van der Waals surface area contributed by atoms with Crippen LogP contribution in [0.25, 0.3) is 11.2 Å². The quantitative estimate of drug-likeness (QED) is 0.506. The van der Waals surface area contributed by atoms with Gasteiger partial charge in [0, 0.05) is 12.5 Å². The minimum atomic E-state index is -1.08. The van der Waals surface area contributed by atoms with E-state index in [1.807, 2.05) is 0 Å². The minimum absolute atomic E-state index is 0.00772. The van der Waals surface area contributed by atoms with Crippen LogP contribution >= 0.6 is 0 Å². The summed E-state index contributed by atoms with van der Waals surface area (Å²) in [5, 5.41) is 29.1. The van der Waals surface area contributed by atoms with Crippen molar-refractivity contribution >= 4 is 17.2 Å². The summed E-state index contributed by atoms with van der Waals surface area (Å²) in [4.78, 5) is 19.4. The number of nitrogen functional groups attached to an aromatic ring is 1. The number of hydrogen-bond donors (Lipinski definition) is 4. The average molecular weight is 282 g/mol. The lowest BCUT2D eigenvalue weighted by Gasteiger charge is -2.18. The van der Waals surface area contributed by atoms with Gasteiger partial charge in [0.1, 0.15) is 6.10 Å². The monoisotopic (exact) mass is 282 g/mol. The average Bonchev–Trinajstić information content (AvgIpc) is 2.93. The third-order valence-corrected chi connectivity index (χ3v) is 3.74. The number of nitrogens with zero attached hydrogens (tertiary/aromatic N) is 3. The molecule has 1 saturated carbocycles. The molecule has 0 saturated heterocycles. The second-order valence-corrected chi connectivity index (χ2v) is 4.89. The van der Waals surface area contributed by atoms with E-state index in [0.29, 0.717) is 6.42 Å². The van der Waals surface area contributed by atoms with E-state index in [1.54, 1.807) is 0 Å². The van der Waals surface area contributed by atoms with Gasteiger partial charge in [-0.15, -0.1) is 0 Å². The molecule has 3 rings (SSSR count). The lowest BCUT2D eigenvalue weighted by Crippen LogP contribution is -2.30. The van der Waals surface area contributed by atoms with Crippen LogP contribution in [0, 0.1) is 5.92 Å². The van der Waals surface area contributed by atoms with E-state index in [2.05, 4.69) is 14.4 Å². The zero-order valence-corrected chi connectivity index (χ0v) is 10.4. The topological polar surface area (TPSA) is 148 Å². The number of hydrogen-bond acceptors (Lipinski definition) is 8. The maximum Gasteiger partial charge on any atom is 0.368 e. The first kappa shape index (κ1) is 13.0. The number of aromatic nitrogens is 3.